The summed E-state index contributed by atoms with van der Waals surface area (Å²) in [5.74, 6) is 25.3. The standard InChI is InChI=1S/C72H132N2O12P2/c1-73(2,3)59-65-83-87(75,76)85-69-71-67-79-61-55-51-47-43-39-35-31-27-23-19-15-11-7-8-12-16-20-24-28-32-36-40-44-48-52-56-62-80-68-72(70-86-88(77,78)84-66-60-74(4,5)6)82-64-58-54-50-46-42-38-34-30-26-22-18-14-10-9-13-17-21-25-29-33-37-41-45-49-53-57-63-81-71/h71-72H,15-70H2,1-6H3/p+2/t71-,72-/m1/s1. The first-order valence-corrected chi connectivity index (χ1v) is 38.7. The van der Waals surface area contributed by atoms with Crippen LogP contribution in [0.15, 0.2) is 0 Å². The maximum absolute atomic E-state index is 12.6. The van der Waals surface area contributed by atoms with Crippen molar-refractivity contribution in [2.45, 2.75) is 295 Å². The molecule has 1 aliphatic heterocycles. The molecule has 0 aliphatic carbocycles. The number of hydrogen-bond acceptors (Lipinski definition) is 12. The minimum absolute atomic E-state index is 0.0413. The zero-order chi connectivity index (χ0) is 64.1. The Labute approximate surface area is 543 Å². The molecule has 0 bridgehead atoms. The lowest BCUT2D eigenvalue weighted by Crippen LogP contribution is -2.38. The van der Waals surface area contributed by atoms with Crippen LogP contribution in [0.4, 0.5) is 0 Å². The Kier molecular flexibility index (Phi) is 58.1. The number of quaternary nitrogens is 2. The lowest BCUT2D eigenvalue weighted by molar-refractivity contribution is -0.870. The lowest BCUT2D eigenvalue weighted by Gasteiger charge is -2.26. The molecule has 0 aromatic heterocycles. The third-order valence-electron chi connectivity index (χ3n) is 15.7. The molecular weight excluding hydrogens is 1150 g/mol. The van der Waals surface area contributed by atoms with Crippen LogP contribution in [0.1, 0.15) is 283 Å². The van der Waals surface area contributed by atoms with E-state index in [-0.39, 0.29) is 26.4 Å². The summed E-state index contributed by atoms with van der Waals surface area (Å²) in [5.41, 5.74) is 0. The lowest BCUT2D eigenvalue weighted by atomic mass is 10.1. The predicted molar refractivity (Wildman–Crippen MR) is 363 cm³/mol. The highest BCUT2D eigenvalue weighted by Crippen LogP contribution is 2.48. The van der Waals surface area contributed by atoms with Gasteiger partial charge >= 0.3 is 16.3 Å². The Balaban J connectivity index is 2.52. The van der Waals surface area contributed by atoms with Gasteiger partial charge in [-0.05, 0) is 75.0 Å². The number of ether oxygens (including phenoxy) is 4. The van der Waals surface area contributed by atoms with Crippen molar-refractivity contribution >= 4 is 16.3 Å². The molecule has 14 nitrogen and oxygen atoms in total. The van der Waals surface area contributed by atoms with E-state index in [4.69, 9.17) is 37.0 Å². The monoisotopic (exact) mass is 1280 g/mol. The molecule has 16 heteroatoms. The van der Waals surface area contributed by atoms with Gasteiger partial charge in [0.25, 0.3) is 0 Å². The summed E-state index contributed by atoms with van der Waals surface area (Å²) < 4.78 is 46.9. The number of rotatable bonds is 14. The number of phosphoric acid groups is 2. The van der Waals surface area contributed by atoms with E-state index >= 15 is 0 Å². The first-order valence-electron chi connectivity index (χ1n) is 35.7. The Hall–Kier alpha value is -1.46. The largest absolute Gasteiger partial charge is 0.606 e. The van der Waals surface area contributed by atoms with E-state index in [2.05, 4.69) is 47.4 Å². The fourth-order valence-electron chi connectivity index (χ4n) is 10.1. The van der Waals surface area contributed by atoms with Crippen molar-refractivity contribution < 1.29 is 65.6 Å². The summed E-state index contributed by atoms with van der Waals surface area (Å²) in [6.07, 6.45) is 50.9. The minimum Gasteiger partial charge on any atom is -0.606 e. The number of phosphoric ester groups is 2. The van der Waals surface area contributed by atoms with Crippen molar-refractivity contribution in [1.29, 1.82) is 0 Å². The molecule has 2 N–H and O–H groups in total. The van der Waals surface area contributed by atoms with E-state index in [0.29, 0.717) is 61.7 Å². The van der Waals surface area contributed by atoms with Crippen LogP contribution in [0, 0.1) is 47.4 Å². The van der Waals surface area contributed by atoms with E-state index in [0.717, 1.165) is 103 Å². The molecule has 4 atom stereocenters. The summed E-state index contributed by atoms with van der Waals surface area (Å²) in [7, 11) is 3.69. The molecule has 1 rings (SSSR count). The molecule has 0 spiro atoms. The van der Waals surface area contributed by atoms with Gasteiger partial charge in [0.1, 0.15) is 51.7 Å². The van der Waals surface area contributed by atoms with Gasteiger partial charge in [-0.1, -0.05) is 229 Å². The normalized spacial score (nSPS) is 22.9. The van der Waals surface area contributed by atoms with Crippen molar-refractivity contribution in [3.63, 3.8) is 0 Å². The molecule has 0 radical (unpaired) electrons. The highest BCUT2D eigenvalue weighted by atomic mass is 31.2. The average molecular weight is 1280 g/mol. The second kappa shape index (κ2) is 60.5. The van der Waals surface area contributed by atoms with Gasteiger partial charge in [-0.25, -0.2) is 0 Å². The van der Waals surface area contributed by atoms with Crippen LogP contribution in [-0.4, -0.2) is 152 Å². The first-order chi connectivity index (χ1) is 42.6. The molecule has 0 saturated heterocycles. The smallest absolute Gasteiger partial charge is 0.377 e. The molecular formula is C72H134N2O12P2+2. The average Bonchev–Trinajstić information content (AvgIpc) is 3.61. The summed E-state index contributed by atoms with van der Waals surface area (Å²) in [4.78, 5) is 46.0. The molecule has 0 fully saturated rings. The third kappa shape index (κ3) is 66.0. The highest BCUT2D eigenvalue weighted by molar-refractivity contribution is 7.53. The topological polar surface area (TPSA) is 160 Å². The fourth-order valence-corrected chi connectivity index (χ4v) is 11.5. The molecule has 1 aliphatic rings. The van der Waals surface area contributed by atoms with Gasteiger partial charge in [0.2, 0.25) is 0 Å². The van der Waals surface area contributed by atoms with Crippen LogP contribution in [0.5, 0.6) is 0 Å². The quantitative estimate of drug-likeness (QED) is 0.0964. The summed E-state index contributed by atoms with van der Waals surface area (Å²) in [6, 6.07) is 0. The van der Waals surface area contributed by atoms with Crippen LogP contribution in [0.3, 0.4) is 0 Å². The number of hydrogen-bond donors (Lipinski definition) is 2. The van der Waals surface area contributed by atoms with Crippen molar-refractivity contribution in [1.82, 2.24) is 0 Å². The minimum atomic E-state index is -4.19. The molecule has 512 valence electrons. The van der Waals surface area contributed by atoms with E-state index < -0.39 is 28.5 Å². The summed E-state index contributed by atoms with van der Waals surface area (Å²) in [6.45, 7) is 4.48. The van der Waals surface area contributed by atoms with Crippen LogP contribution < -0.4 is 9.79 Å². The maximum atomic E-state index is 12.6. The van der Waals surface area contributed by atoms with Gasteiger partial charge in [0.15, 0.2) is 0 Å². The van der Waals surface area contributed by atoms with Gasteiger partial charge in [-0.3, -0.25) is 0 Å². The Morgan fingerprint density at radius 2 is 0.545 bits per heavy atom. The molecule has 0 aromatic rings. The van der Waals surface area contributed by atoms with Crippen molar-refractivity contribution in [2.75, 3.05) is 121 Å². The zero-order valence-corrected chi connectivity index (χ0v) is 59.3. The van der Waals surface area contributed by atoms with E-state index in [1.54, 1.807) is 0 Å². The molecule has 0 aromatic carbocycles. The molecule has 0 amide bonds. The Morgan fingerprint density at radius 1 is 0.330 bits per heavy atom. The first kappa shape index (κ1) is 84.6. The van der Waals surface area contributed by atoms with Crippen LogP contribution in [0.25, 0.3) is 0 Å². The van der Waals surface area contributed by atoms with Gasteiger partial charge in [-0.2, -0.15) is 27.9 Å². The second-order valence-corrected chi connectivity index (χ2v) is 29.6. The number of likely N-dealkylation sites (N-methyl/N-ethyl adjacent to an activating group) is 2. The summed E-state index contributed by atoms with van der Waals surface area (Å²) in [5, 5.41) is 0. The van der Waals surface area contributed by atoms with Gasteiger partial charge in [0, 0.05) is 52.1 Å². The predicted octanol–water partition coefficient (Wildman–Crippen LogP) is 15.5. The fraction of sp³-hybridized carbons (Fsp3) is 0.889. The third-order valence-corrected chi connectivity index (χ3v) is 17.7. The molecule has 2 unspecified atom stereocenters. The van der Waals surface area contributed by atoms with Crippen LogP contribution in [-0.2, 0) is 37.0 Å². The van der Waals surface area contributed by atoms with E-state index in [1.807, 2.05) is 42.3 Å². The SMILES string of the molecule is C[N+](C)(C)CCO[P+]([O-])(O)OC[C@H]1COCCCCCCCCCCCCC#CC#CCCCCCCCCCCCCOC[C@H](CO[P+]([O-])(O)OCC[N+](C)(C)C)OCCCCCCCCCCCCC#CC#CCCCCCCCCCCCCO1. The van der Waals surface area contributed by atoms with Crippen LogP contribution in [0.2, 0.25) is 0 Å². The van der Waals surface area contributed by atoms with Crippen molar-refractivity contribution in [3.05, 3.63) is 0 Å². The Morgan fingerprint density at radius 3 is 0.784 bits per heavy atom. The molecule has 0 saturated carbocycles. The van der Waals surface area contributed by atoms with E-state index in [1.165, 1.54) is 180 Å². The van der Waals surface area contributed by atoms with Crippen molar-refractivity contribution in [3.8, 4) is 47.4 Å². The molecule has 1 heterocycles. The highest BCUT2D eigenvalue weighted by Gasteiger charge is 2.32. The summed E-state index contributed by atoms with van der Waals surface area (Å²) >= 11 is 0. The van der Waals surface area contributed by atoms with Gasteiger partial charge < -0.3 is 37.7 Å². The number of nitrogens with zero attached hydrogens (tertiary/aromatic N) is 2. The zero-order valence-electron chi connectivity index (χ0n) is 57.5. The maximum Gasteiger partial charge on any atom is 0.377 e. The van der Waals surface area contributed by atoms with Gasteiger partial charge in [0.05, 0.1) is 55.5 Å². The Bertz CT molecular complexity index is 1690. The van der Waals surface area contributed by atoms with Crippen LogP contribution >= 0.6 is 16.3 Å². The second-order valence-electron chi connectivity index (χ2n) is 26.7. The van der Waals surface area contributed by atoms with Crippen molar-refractivity contribution in [2.24, 2.45) is 0 Å². The van der Waals surface area contributed by atoms with Gasteiger partial charge in [-0.15, -0.1) is 0 Å². The molecule has 88 heavy (non-hydrogen) atoms. The van der Waals surface area contributed by atoms with E-state index in [9.17, 15) is 19.6 Å².